The highest BCUT2D eigenvalue weighted by molar-refractivity contribution is 6.01. The molecule has 130 valence electrons. The van der Waals surface area contributed by atoms with Gasteiger partial charge in [0.1, 0.15) is 6.54 Å². The van der Waals surface area contributed by atoms with E-state index < -0.39 is 28.9 Å². The molecule has 25 heavy (non-hydrogen) atoms. The molecule has 1 amide bonds. The summed E-state index contributed by atoms with van der Waals surface area (Å²) in [7, 11) is 1.22. The maximum Gasteiger partial charge on any atom is 0.339 e. The van der Waals surface area contributed by atoms with E-state index in [1.807, 2.05) is 0 Å². The number of para-hydroxylation sites is 1. The number of anilines is 1. The summed E-state index contributed by atoms with van der Waals surface area (Å²) < 4.78 is 5.63. The highest BCUT2D eigenvalue weighted by Gasteiger charge is 2.18. The van der Waals surface area contributed by atoms with Gasteiger partial charge < -0.3 is 10.1 Å². The Morgan fingerprint density at radius 3 is 2.56 bits per heavy atom. The largest absolute Gasteiger partial charge is 0.465 e. The molecule has 2 aromatic rings. The fourth-order valence-electron chi connectivity index (χ4n) is 2.27. The molecule has 0 fully saturated rings. The second kappa shape index (κ2) is 7.39. The van der Waals surface area contributed by atoms with Crippen LogP contribution in [0.3, 0.4) is 0 Å². The van der Waals surface area contributed by atoms with Crippen LogP contribution in [-0.4, -0.2) is 28.5 Å². The summed E-state index contributed by atoms with van der Waals surface area (Å²) in [5.74, 6) is -1.23. The minimum atomic E-state index is -0.629. The van der Waals surface area contributed by atoms with Crippen molar-refractivity contribution in [1.82, 2.24) is 4.57 Å². The highest BCUT2D eigenvalue weighted by Crippen LogP contribution is 2.17. The molecule has 0 spiro atoms. The molecule has 0 aliphatic carbocycles. The number of hydrogen-bond acceptors (Lipinski definition) is 6. The first-order chi connectivity index (χ1) is 11.8. The quantitative estimate of drug-likeness (QED) is 0.498. The standard InChI is InChI=1S/C16H15N3O6/c1-10-13(19(23)24)7-8-15(21)18(10)9-14(20)17-12-6-4-3-5-11(12)16(22)25-2/h3-8H,9H2,1-2H3,(H,17,20). The predicted molar refractivity (Wildman–Crippen MR) is 88.5 cm³/mol. The van der Waals surface area contributed by atoms with Gasteiger partial charge in [-0.3, -0.25) is 24.3 Å². The van der Waals surface area contributed by atoms with Gasteiger partial charge >= 0.3 is 5.97 Å². The van der Waals surface area contributed by atoms with Crippen molar-refractivity contribution in [2.75, 3.05) is 12.4 Å². The van der Waals surface area contributed by atoms with Crippen molar-refractivity contribution in [3.05, 3.63) is 68.1 Å². The smallest absolute Gasteiger partial charge is 0.339 e. The number of carbonyl (C=O) groups excluding carboxylic acids is 2. The maximum absolute atomic E-state index is 12.2. The van der Waals surface area contributed by atoms with Crippen LogP contribution in [0.5, 0.6) is 0 Å². The SMILES string of the molecule is COC(=O)c1ccccc1NC(=O)Cn1c(C)c([N+](=O)[O-])ccc1=O. The molecule has 0 bridgehead atoms. The zero-order valence-corrected chi connectivity index (χ0v) is 13.5. The van der Waals surface area contributed by atoms with Gasteiger partial charge in [0.2, 0.25) is 5.91 Å². The number of aromatic nitrogens is 1. The van der Waals surface area contributed by atoms with Crippen molar-refractivity contribution in [2.24, 2.45) is 0 Å². The number of benzene rings is 1. The Bertz CT molecular complexity index is 903. The molecule has 0 atom stereocenters. The minimum Gasteiger partial charge on any atom is -0.465 e. The summed E-state index contributed by atoms with van der Waals surface area (Å²) in [5.41, 5.74) is -0.368. The highest BCUT2D eigenvalue weighted by atomic mass is 16.6. The third kappa shape index (κ3) is 3.89. The molecule has 2 rings (SSSR count). The van der Waals surface area contributed by atoms with Crippen LogP contribution in [0, 0.1) is 17.0 Å². The van der Waals surface area contributed by atoms with Gasteiger partial charge in [-0.25, -0.2) is 4.79 Å². The van der Waals surface area contributed by atoms with E-state index >= 15 is 0 Å². The maximum atomic E-state index is 12.2. The summed E-state index contributed by atoms with van der Waals surface area (Å²) in [6, 6.07) is 8.34. The number of nitrogens with one attached hydrogen (secondary N) is 1. The number of hydrogen-bond donors (Lipinski definition) is 1. The fourth-order valence-corrected chi connectivity index (χ4v) is 2.27. The van der Waals surface area contributed by atoms with Gasteiger partial charge in [0.25, 0.3) is 11.2 Å². The van der Waals surface area contributed by atoms with Gasteiger partial charge in [-0.05, 0) is 19.1 Å². The van der Waals surface area contributed by atoms with Crippen LogP contribution >= 0.6 is 0 Å². The van der Waals surface area contributed by atoms with Crippen molar-refractivity contribution in [1.29, 1.82) is 0 Å². The lowest BCUT2D eigenvalue weighted by Gasteiger charge is -2.12. The Hall–Kier alpha value is -3.49. The first-order valence-corrected chi connectivity index (χ1v) is 7.17. The number of nitro groups is 1. The van der Waals surface area contributed by atoms with Gasteiger partial charge in [-0.2, -0.15) is 0 Å². The van der Waals surface area contributed by atoms with Crippen LogP contribution in [0.4, 0.5) is 11.4 Å². The summed E-state index contributed by atoms with van der Waals surface area (Å²) in [6.07, 6.45) is 0. The first-order valence-electron chi connectivity index (χ1n) is 7.17. The van der Waals surface area contributed by atoms with Gasteiger partial charge in [0.05, 0.1) is 29.0 Å². The third-order valence-corrected chi connectivity index (χ3v) is 3.53. The molecule has 9 heteroatoms. The number of pyridine rings is 1. The molecule has 0 unspecified atom stereocenters. The normalized spacial score (nSPS) is 10.2. The molecule has 9 nitrogen and oxygen atoms in total. The topological polar surface area (TPSA) is 121 Å². The predicted octanol–water partition coefficient (Wildman–Crippen LogP) is 1.49. The Kier molecular flexibility index (Phi) is 5.28. The van der Waals surface area contributed by atoms with Crippen molar-refractivity contribution in [3.8, 4) is 0 Å². The Morgan fingerprint density at radius 2 is 1.92 bits per heavy atom. The Morgan fingerprint density at radius 1 is 1.24 bits per heavy atom. The van der Waals surface area contributed by atoms with Gasteiger partial charge in [-0.1, -0.05) is 12.1 Å². The zero-order valence-electron chi connectivity index (χ0n) is 13.5. The average Bonchev–Trinajstić information content (AvgIpc) is 2.58. The lowest BCUT2D eigenvalue weighted by molar-refractivity contribution is -0.386. The molecular weight excluding hydrogens is 330 g/mol. The molecule has 0 aliphatic rings. The van der Waals surface area contributed by atoms with E-state index in [-0.39, 0.29) is 22.6 Å². The molecule has 1 aromatic heterocycles. The van der Waals surface area contributed by atoms with E-state index in [0.29, 0.717) is 0 Å². The van der Waals surface area contributed by atoms with E-state index in [4.69, 9.17) is 0 Å². The zero-order chi connectivity index (χ0) is 18.6. The molecule has 1 aromatic carbocycles. The van der Waals surface area contributed by atoms with E-state index in [0.717, 1.165) is 16.7 Å². The summed E-state index contributed by atoms with van der Waals surface area (Å²) in [5, 5.41) is 13.5. The minimum absolute atomic E-state index is 0.0638. The third-order valence-electron chi connectivity index (χ3n) is 3.53. The van der Waals surface area contributed by atoms with Crippen LogP contribution in [0.2, 0.25) is 0 Å². The average molecular weight is 345 g/mol. The van der Waals surface area contributed by atoms with Crippen LogP contribution in [0.1, 0.15) is 16.1 Å². The van der Waals surface area contributed by atoms with Crippen LogP contribution in [-0.2, 0) is 16.1 Å². The van der Waals surface area contributed by atoms with Gasteiger partial charge in [0, 0.05) is 12.1 Å². The number of carbonyl (C=O) groups is 2. The molecule has 1 heterocycles. The number of rotatable bonds is 5. The molecular formula is C16H15N3O6. The van der Waals surface area contributed by atoms with E-state index in [2.05, 4.69) is 10.1 Å². The number of esters is 1. The fraction of sp³-hybridized carbons (Fsp3) is 0.188. The van der Waals surface area contributed by atoms with Crippen molar-refractivity contribution < 1.29 is 19.2 Å². The summed E-state index contributed by atoms with van der Waals surface area (Å²) in [4.78, 5) is 46.2. The second-order valence-electron chi connectivity index (χ2n) is 5.07. The molecule has 1 N–H and O–H groups in total. The lowest BCUT2D eigenvalue weighted by Crippen LogP contribution is -2.29. The van der Waals surface area contributed by atoms with Crippen molar-refractivity contribution in [2.45, 2.75) is 13.5 Å². The molecule has 0 saturated heterocycles. The van der Waals surface area contributed by atoms with E-state index in [1.54, 1.807) is 12.1 Å². The Labute approximate surface area is 142 Å². The van der Waals surface area contributed by atoms with Crippen molar-refractivity contribution >= 4 is 23.3 Å². The molecule has 0 radical (unpaired) electrons. The van der Waals surface area contributed by atoms with Gasteiger partial charge in [-0.15, -0.1) is 0 Å². The van der Waals surface area contributed by atoms with Crippen LogP contribution in [0.25, 0.3) is 0 Å². The summed E-state index contributed by atoms with van der Waals surface area (Å²) in [6.45, 7) is 0.955. The van der Waals surface area contributed by atoms with E-state index in [1.165, 1.54) is 26.2 Å². The Balaban J connectivity index is 2.28. The number of amides is 1. The monoisotopic (exact) mass is 345 g/mol. The first kappa shape index (κ1) is 17.9. The second-order valence-corrected chi connectivity index (χ2v) is 5.07. The van der Waals surface area contributed by atoms with E-state index in [9.17, 15) is 24.5 Å². The molecule has 0 aliphatic heterocycles. The lowest BCUT2D eigenvalue weighted by atomic mass is 10.2. The number of nitrogens with zero attached hydrogens (tertiary/aromatic N) is 2. The molecule has 0 saturated carbocycles. The van der Waals surface area contributed by atoms with Crippen molar-refractivity contribution in [3.63, 3.8) is 0 Å². The van der Waals surface area contributed by atoms with Crippen LogP contribution < -0.4 is 10.9 Å². The van der Waals surface area contributed by atoms with Gasteiger partial charge in [0.15, 0.2) is 0 Å². The van der Waals surface area contributed by atoms with Crippen LogP contribution in [0.15, 0.2) is 41.2 Å². The number of methoxy groups -OCH3 is 1. The summed E-state index contributed by atoms with van der Waals surface area (Å²) >= 11 is 0. The number of ether oxygens (including phenoxy) is 1.